The Labute approximate surface area is 188 Å². The Morgan fingerprint density at radius 3 is 2.41 bits per heavy atom. The largest absolute Gasteiger partial charge is 0.458 e. The van der Waals surface area contributed by atoms with Gasteiger partial charge in [-0.3, -0.25) is 19.2 Å². The Bertz CT molecular complexity index is 891. The van der Waals surface area contributed by atoms with Crippen LogP contribution < -0.4 is 0 Å². The summed E-state index contributed by atoms with van der Waals surface area (Å²) in [4.78, 5) is 48.3. The van der Waals surface area contributed by atoms with Gasteiger partial charge in [0.25, 0.3) is 0 Å². The number of hydrogen-bond donors (Lipinski definition) is 1. The van der Waals surface area contributed by atoms with Crippen molar-refractivity contribution in [2.75, 3.05) is 6.61 Å². The number of carbonyl (C=O) groups excluding carboxylic acids is 4. The molecule has 7 nitrogen and oxygen atoms in total. The van der Waals surface area contributed by atoms with E-state index in [0.29, 0.717) is 38.0 Å². The van der Waals surface area contributed by atoms with E-state index in [2.05, 4.69) is 6.92 Å². The lowest BCUT2D eigenvalue weighted by Crippen LogP contribution is -2.59. The Kier molecular flexibility index (Phi) is 5.63. The van der Waals surface area contributed by atoms with Crippen LogP contribution >= 0.6 is 0 Å². The van der Waals surface area contributed by atoms with Gasteiger partial charge in [-0.15, -0.1) is 0 Å². The maximum atomic E-state index is 13.0. The first-order chi connectivity index (χ1) is 14.9. The second kappa shape index (κ2) is 7.79. The van der Waals surface area contributed by atoms with E-state index >= 15 is 0 Å². The Morgan fingerprint density at radius 1 is 1.06 bits per heavy atom. The van der Waals surface area contributed by atoms with Crippen LogP contribution in [0.3, 0.4) is 0 Å². The van der Waals surface area contributed by atoms with Crippen LogP contribution in [0.5, 0.6) is 0 Å². The molecule has 32 heavy (non-hydrogen) atoms. The topological polar surface area (TPSA) is 107 Å². The van der Waals surface area contributed by atoms with Crippen LogP contribution in [-0.4, -0.2) is 46.9 Å². The van der Waals surface area contributed by atoms with Crippen molar-refractivity contribution in [2.24, 2.45) is 28.6 Å². The third-order valence-electron chi connectivity index (χ3n) is 9.28. The SMILES string of the molecule is CC(=O)OCC(=O)[C@@]1(O)CC[C@@H]2[C@@H]3C[C@H](OC(C)=O)C4=CC(=O)CC[C@]4(C)[C@@H]3CC[C@@]21C. The highest BCUT2D eigenvalue weighted by atomic mass is 16.5. The Balaban J connectivity index is 1.67. The number of Topliss-reactive ketones (excluding diaryl/α,β-unsaturated/α-hetero) is 1. The summed E-state index contributed by atoms with van der Waals surface area (Å²) in [5.41, 5.74) is -1.46. The van der Waals surface area contributed by atoms with Gasteiger partial charge >= 0.3 is 11.9 Å². The number of fused-ring (bicyclic) bond motifs is 5. The Hall–Kier alpha value is -2.02. The first kappa shape index (κ1) is 23.1. The number of hydrogen-bond acceptors (Lipinski definition) is 7. The number of ketones is 2. The fraction of sp³-hybridized carbons (Fsp3) is 0.760. The van der Waals surface area contributed by atoms with Crippen LogP contribution in [0.2, 0.25) is 0 Å². The zero-order chi connectivity index (χ0) is 23.5. The smallest absolute Gasteiger partial charge is 0.303 e. The van der Waals surface area contributed by atoms with E-state index in [-0.39, 0.29) is 29.0 Å². The van der Waals surface area contributed by atoms with Crippen molar-refractivity contribution in [1.82, 2.24) is 0 Å². The van der Waals surface area contributed by atoms with E-state index in [1.807, 2.05) is 6.92 Å². The summed E-state index contributed by atoms with van der Waals surface area (Å²) in [7, 11) is 0. The van der Waals surface area contributed by atoms with Gasteiger partial charge in [-0.25, -0.2) is 0 Å². The summed E-state index contributed by atoms with van der Waals surface area (Å²) in [5.74, 6) is -0.699. The molecule has 4 rings (SSSR count). The highest BCUT2D eigenvalue weighted by Gasteiger charge is 2.67. The molecule has 0 saturated heterocycles. The van der Waals surface area contributed by atoms with E-state index in [9.17, 15) is 24.3 Å². The van der Waals surface area contributed by atoms with E-state index in [4.69, 9.17) is 9.47 Å². The molecule has 1 N–H and O–H groups in total. The predicted molar refractivity (Wildman–Crippen MR) is 114 cm³/mol. The molecule has 3 saturated carbocycles. The molecule has 0 radical (unpaired) electrons. The van der Waals surface area contributed by atoms with Gasteiger partial charge in [0.15, 0.2) is 12.4 Å². The molecule has 0 bridgehead atoms. The fourth-order valence-corrected chi connectivity index (χ4v) is 7.65. The molecule has 0 spiro atoms. The third-order valence-corrected chi connectivity index (χ3v) is 9.28. The molecule has 3 fully saturated rings. The van der Waals surface area contributed by atoms with Crippen molar-refractivity contribution in [3.05, 3.63) is 11.6 Å². The van der Waals surface area contributed by atoms with Gasteiger partial charge in [0.2, 0.25) is 5.78 Å². The maximum absolute atomic E-state index is 13.0. The summed E-state index contributed by atoms with van der Waals surface area (Å²) < 4.78 is 10.6. The molecule has 0 heterocycles. The number of rotatable bonds is 4. The summed E-state index contributed by atoms with van der Waals surface area (Å²) in [5, 5.41) is 11.6. The minimum atomic E-state index is -1.53. The highest BCUT2D eigenvalue weighted by Crippen LogP contribution is 2.67. The van der Waals surface area contributed by atoms with Crippen LogP contribution in [0.4, 0.5) is 0 Å². The van der Waals surface area contributed by atoms with Crippen molar-refractivity contribution < 1.29 is 33.8 Å². The zero-order valence-corrected chi connectivity index (χ0v) is 19.4. The quantitative estimate of drug-likeness (QED) is 0.662. The lowest BCUT2D eigenvalue weighted by atomic mass is 9.45. The molecule has 0 amide bonds. The van der Waals surface area contributed by atoms with Crippen LogP contribution in [0.25, 0.3) is 0 Å². The summed E-state index contributed by atoms with van der Waals surface area (Å²) >= 11 is 0. The summed E-state index contributed by atoms with van der Waals surface area (Å²) in [6, 6.07) is 0. The monoisotopic (exact) mass is 446 g/mol. The van der Waals surface area contributed by atoms with Gasteiger partial charge in [-0.05, 0) is 73.3 Å². The van der Waals surface area contributed by atoms with E-state index in [0.717, 1.165) is 18.4 Å². The van der Waals surface area contributed by atoms with Crippen LogP contribution in [-0.2, 0) is 28.7 Å². The van der Waals surface area contributed by atoms with Crippen molar-refractivity contribution in [3.8, 4) is 0 Å². The predicted octanol–water partition coefficient (Wildman–Crippen LogP) is 2.92. The van der Waals surface area contributed by atoms with Gasteiger partial charge in [0.1, 0.15) is 11.7 Å². The van der Waals surface area contributed by atoms with Gasteiger partial charge in [0, 0.05) is 25.7 Å². The summed E-state index contributed by atoms with van der Waals surface area (Å²) in [6.45, 7) is 6.41. The van der Waals surface area contributed by atoms with Crippen molar-refractivity contribution in [2.45, 2.75) is 84.3 Å². The van der Waals surface area contributed by atoms with Gasteiger partial charge < -0.3 is 14.6 Å². The van der Waals surface area contributed by atoms with E-state index in [1.165, 1.54) is 13.8 Å². The van der Waals surface area contributed by atoms with Crippen molar-refractivity contribution in [1.29, 1.82) is 0 Å². The van der Waals surface area contributed by atoms with E-state index < -0.39 is 35.5 Å². The average Bonchev–Trinajstić information content (AvgIpc) is 2.99. The van der Waals surface area contributed by atoms with Crippen molar-refractivity contribution in [3.63, 3.8) is 0 Å². The number of ether oxygens (including phenoxy) is 2. The highest BCUT2D eigenvalue weighted by molar-refractivity contribution is 5.92. The molecule has 0 aromatic heterocycles. The van der Waals surface area contributed by atoms with Gasteiger partial charge in [-0.2, -0.15) is 0 Å². The molecule has 7 atom stereocenters. The first-order valence-corrected chi connectivity index (χ1v) is 11.7. The summed E-state index contributed by atoms with van der Waals surface area (Å²) in [6.07, 6.45) is 5.64. The average molecular weight is 447 g/mol. The van der Waals surface area contributed by atoms with Crippen LogP contribution in [0.15, 0.2) is 11.6 Å². The molecule has 0 aliphatic heterocycles. The zero-order valence-electron chi connectivity index (χ0n) is 19.4. The minimum absolute atomic E-state index is 0.0834. The molecule has 176 valence electrons. The van der Waals surface area contributed by atoms with Crippen LogP contribution in [0.1, 0.15) is 72.6 Å². The minimum Gasteiger partial charge on any atom is -0.458 e. The second-order valence-electron chi connectivity index (χ2n) is 10.8. The molecule has 0 aromatic carbocycles. The molecule has 7 heteroatoms. The molecule has 4 aliphatic carbocycles. The van der Waals surface area contributed by atoms with E-state index in [1.54, 1.807) is 6.08 Å². The molecule has 4 aliphatic rings. The maximum Gasteiger partial charge on any atom is 0.303 e. The molecule has 0 unspecified atom stereocenters. The second-order valence-corrected chi connectivity index (χ2v) is 10.8. The first-order valence-electron chi connectivity index (χ1n) is 11.7. The van der Waals surface area contributed by atoms with Crippen molar-refractivity contribution >= 4 is 23.5 Å². The van der Waals surface area contributed by atoms with Gasteiger partial charge in [0.05, 0.1) is 0 Å². The third kappa shape index (κ3) is 3.35. The normalized spacial score (nSPS) is 42.8. The number of carbonyl (C=O) groups is 4. The lowest BCUT2D eigenvalue weighted by molar-refractivity contribution is -0.173. The standard InChI is InChI=1S/C25H34O7/c1-14(26)31-13-22(29)25(30)10-7-19-17-12-21(32-15(2)27)20-11-16(28)5-8-23(20,3)18(17)6-9-24(19,25)4/h11,17-19,21,30H,5-10,12-13H2,1-4H3/t17-,18-,19-,21+,23-,24+,25+/m1/s1. The molecular weight excluding hydrogens is 412 g/mol. The Morgan fingerprint density at radius 2 is 1.75 bits per heavy atom. The number of esters is 2. The van der Waals surface area contributed by atoms with Gasteiger partial charge in [-0.1, -0.05) is 13.8 Å². The fourth-order valence-electron chi connectivity index (χ4n) is 7.65. The molecule has 0 aromatic rings. The van der Waals surface area contributed by atoms with Crippen LogP contribution in [0, 0.1) is 28.6 Å². The lowest BCUT2D eigenvalue weighted by Gasteiger charge is -2.60. The molecular formula is C25H34O7. The number of aliphatic hydroxyl groups is 1.